The first kappa shape index (κ1) is 14.8. The van der Waals surface area contributed by atoms with Crippen molar-refractivity contribution in [2.75, 3.05) is 5.32 Å². The lowest BCUT2D eigenvalue weighted by atomic mass is 10.2. The number of hydrogen-bond acceptors (Lipinski definition) is 4. The third-order valence-corrected chi connectivity index (χ3v) is 3.97. The van der Waals surface area contributed by atoms with Gasteiger partial charge >= 0.3 is 0 Å². The number of benzene rings is 1. The molecule has 3 N–H and O–H groups in total. The van der Waals surface area contributed by atoms with Crippen molar-refractivity contribution in [1.82, 2.24) is 4.98 Å². The summed E-state index contributed by atoms with van der Waals surface area (Å²) in [5, 5.41) is 3.31. The second-order valence-electron chi connectivity index (χ2n) is 4.15. The third kappa shape index (κ3) is 2.78. The zero-order valence-electron chi connectivity index (χ0n) is 11.0. The largest absolute Gasteiger partial charge is 0.389 e. The highest BCUT2D eigenvalue weighted by atomic mass is 32.1. The lowest BCUT2D eigenvalue weighted by Crippen LogP contribution is -2.13. The minimum absolute atomic E-state index is 0.0129. The van der Waals surface area contributed by atoms with Crippen LogP contribution in [0.5, 0.6) is 0 Å². The number of rotatable bonds is 4. The molecule has 0 spiro atoms. The van der Waals surface area contributed by atoms with Crippen LogP contribution in [0.1, 0.15) is 23.1 Å². The van der Waals surface area contributed by atoms with Crippen LogP contribution in [0.2, 0.25) is 0 Å². The molecule has 0 bridgehead atoms. The SMILES string of the molecule is CCc1nc(Nc2ccc(C(N)=S)c(F)c2F)sc1C. The van der Waals surface area contributed by atoms with Crippen molar-refractivity contribution in [2.24, 2.45) is 5.73 Å². The minimum atomic E-state index is -1.05. The van der Waals surface area contributed by atoms with Crippen LogP contribution in [0.25, 0.3) is 0 Å². The molecule has 0 unspecified atom stereocenters. The molecule has 0 saturated carbocycles. The summed E-state index contributed by atoms with van der Waals surface area (Å²) in [7, 11) is 0. The summed E-state index contributed by atoms with van der Waals surface area (Å²) >= 11 is 6.06. The number of hydrogen-bond donors (Lipinski definition) is 2. The maximum Gasteiger partial charge on any atom is 0.187 e. The van der Waals surface area contributed by atoms with E-state index in [1.807, 2.05) is 13.8 Å². The number of aryl methyl sites for hydroxylation is 2. The summed E-state index contributed by atoms with van der Waals surface area (Å²) in [5.74, 6) is -2.06. The van der Waals surface area contributed by atoms with Crippen molar-refractivity contribution in [1.29, 1.82) is 0 Å². The van der Waals surface area contributed by atoms with Gasteiger partial charge in [0.15, 0.2) is 16.8 Å². The number of thiazole rings is 1. The predicted octanol–water partition coefficient (Wildman–Crippen LogP) is 3.67. The molecule has 1 aromatic heterocycles. The molecule has 106 valence electrons. The summed E-state index contributed by atoms with van der Waals surface area (Å²) in [6, 6.07) is 2.75. The molecule has 0 radical (unpaired) electrons. The van der Waals surface area contributed by atoms with Gasteiger partial charge in [-0.25, -0.2) is 13.8 Å². The Bertz CT molecular complexity index is 668. The average Bonchev–Trinajstić information content (AvgIpc) is 2.75. The minimum Gasteiger partial charge on any atom is -0.389 e. The van der Waals surface area contributed by atoms with E-state index < -0.39 is 11.6 Å². The summed E-state index contributed by atoms with van der Waals surface area (Å²) in [4.78, 5) is 5.20. The Kier molecular flexibility index (Phi) is 4.29. The van der Waals surface area contributed by atoms with Crippen LogP contribution in [-0.4, -0.2) is 9.97 Å². The van der Waals surface area contributed by atoms with E-state index in [1.165, 1.54) is 23.5 Å². The van der Waals surface area contributed by atoms with E-state index in [2.05, 4.69) is 22.5 Å². The Labute approximate surface area is 124 Å². The van der Waals surface area contributed by atoms with Crippen molar-refractivity contribution in [3.8, 4) is 0 Å². The zero-order chi connectivity index (χ0) is 14.9. The molecule has 0 atom stereocenters. The molecule has 0 fully saturated rings. The number of thiocarbonyl (C=S) groups is 1. The van der Waals surface area contributed by atoms with Crippen LogP contribution < -0.4 is 11.1 Å². The van der Waals surface area contributed by atoms with E-state index in [1.54, 1.807) is 0 Å². The zero-order valence-corrected chi connectivity index (χ0v) is 12.6. The lowest BCUT2D eigenvalue weighted by Gasteiger charge is -2.08. The van der Waals surface area contributed by atoms with Gasteiger partial charge < -0.3 is 11.1 Å². The molecule has 1 aromatic carbocycles. The second-order valence-corrected chi connectivity index (χ2v) is 5.80. The van der Waals surface area contributed by atoms with Crippen LogP contribution in [0.15, 0.2) is 12.1 Å². The highest BCUT2D eigenvalue weighted by Crippen LogP contribution is 2.28. The summed E-state index contributed by atoms with van der Waals surface area (Å²) in [6.07, 6.45) is 0.793. The highest BCUT2D eigenvalue weighted by Gasteiger charge is 2.16. The van der Waals surface area contributed by atoms with Crippen molar-refractivity contribution >= 4 is 39.4 Å². The molecular formula is C13H13F2N3S2. The smallest absolute Gasteiger partial charge is 0.187 e. The third-order valence-electron chi connectivity index (χ3n) is 2.82. The summed E-state index contributed by atoms with van der Waals surface area (Å²) in [6.45, 7) is 3.93. The number of nitrogens with one attached hydrogen (secondary N) is 1. The van der Waals surface area contributed by atoms with Crippen LogP contribution in [0, 0.1) is 18.6 Å². The van der Waals surface area contributed by atoms with Crippen LogP contribution in [0.4, 0.5) is 19.6 Å². The van der Waals surface area contributed by atoms with Crippen molar-refractivity contribution in [3.63, 3.8) is 0 Å². The molecule has 0 aliphatic rings. The van der Waals surface area contributed by atoms with Gasteiger partial charge in [-0.2, -0.15) is 0 Å². The molecule has 2 rings (SSSR count). The topological polar surface area (TPSA) is 50.9 Å². The molecule has 7 heteroatoms. The number of halogens is 2. The second kappa shape index (κ2) is 5.80. The standard InChI is InChI=1S/C13H13F2N3S2/c1-3-8-6(2)20-13(17-8)18-9-5-4-7(12(16)19)10(14)11(9)15/h4-5H,3H2,1-2H3,(H2,16,19)(H,17,18). The van der Waals surface area contributed by atoms with E-state index in [9.17, 15) is 8.78 Å². The average molecular weight is 313 g/mol. The quantitative estimate of drug-likeness (QED) is 0.846. The molecule has 2 aromatic rings. The molecular weight excluding hydrogens is 300 g/mol. The van der Waals surface area contributed by atoms with Gasteiger partial charge in [0.2, 0.25) is 0 Å². The van der Waals surface area contributed by atoms with Gasteiger partial charge in [0, 0.05) is 10.4 Å². The van der Waals surface area contributed by atoms with E-state index in [0.717, 1.165) is 17.0 Å². The first-order valence-corrected chi connectivity index (χ1v) is 7.17. The van der Waals surface area contributed by atoms with Crippen molar-refractivity contribution < 1.29 is 8.78 Å². The van der Waals surface area contributed by atoms with Gasteiger partial charge in [-0.3, -0.25) is 0 Å². The fourth-order valence-corrected chi connectivity index (χ4v) is 2.83. The Morgan fingerprint density at radius 3 is 2.65 bits per heavy atom. The van der Waals surface area contributed by atoms with E-state index >= 15 is 0 Å². The molecule has 0 aliphatic heterocycles. The molecule has 3 nitrogen and oxygen atoms in total. The maximum atomic E-state index is 13.9. The fourth-order valence-electron chi connectivity index (χ4n) is 1.76. The Hall–Kier alpha value is -1.60. The highest BCUT2D eigenvalue weighted by molar-refractivity contribution is 7.80. The molecule has 1 heterocycles. The number of anilines is 2. The maximum absolute atomic E-state index is 13.9. The van der Waals surface area contributed by atoms with Gasteiger partial charge in [0.25, 0.3) is 0 Å². The van der Waals surface area contributed by atoms with Crippen LogP contribution in [0.3, 0.4) is 0 Å². The van der Waals surface area contributed by atoms with Gasteiger partial charge in [0.05, 0.1) is 11.4 Å². The van der Waals surface area contributed by atoms with Crippen molar-refractivity contribution in [3.05, 3.63) is 39.9 Å². The molecule has 0 aliphatic carbocycles. The first-order chi connectivity index (χ1) is 9.43. The Balaban J connectivity index is 2.34. The van der Waals surface area contributed by atoms with E-state index in [-0.39, 0.29) is 16.2 Å². The Morgan fingerprint density at radius 1 is 1.40 bits per heavy atom. The molecule has 0 saturated heterocycles. The van der Waals surface area contributed by atoms with Gasteiger partial charge in [-0.15, -0.1) is 11.3 Å². The van der Waals surface area contributed by atoms with E-state index in [0.29, 0.717) is 5.13 Å². The lowest BCUT2D eigenvalue weighted by molar-refractivity contribution is 0.510. The number of aromatic nitrogens is 1. The Morgan fingerprint density at radius 2 is 2.10 bits per heavy atom. The van der Waals surface area contributed by atoms with Gasteiger partial charge in [-0.1, -0.05) is 19.1 Å². The van der Waals surface area contributed by atoms with Crippen LogP contribution >= 0.6 is 23.6 Å². The van der Waals surface area contributed by atoms with Crippen LogP contribution in [-0.2, 0) is 6.42 Å². The normalized spacial score (nSPS) is 10.6. The van der Waals surface area contributed by atoms with E-state index in [4.69, 9.17) is 5.73 Å². The monoisotopic (exact) mass is 313 g/mol. The number of nitrogens with two attached hydrogens (primary N) is 1. The predicted molar refractivity (Wildman–Crippen MR) is 81.8 cm³/mol. The summed E-state index contributed by atoms with van der Waals surface area (Å²) in [5.41, 5.74) is 6.17. The van der Waals surface area contributed by atoms with Crippen molar-refractivity contribution in [2.45, 2.75) is 20.3 Å². The molecule has 0 amide bonds. The molecule has 20 heavy (non-hydrogen) atoms. The first-order valence-electron chi connectivity index (χ1n) is 5.95. The van der Waals surface area contributed by atoms with Gasteiger partial charge in [-0.05, 0) is 25.5 Å². The fraction of sp³-hybridized carbons (Fsp3) is 0.231. The van der Waals surface area contributed by atoms with Gasteiger partial charge in [0.1, 0.15) is 4.99 Å². The summed E-state index contributed by atoms with van der Waals surface area (Å²) < 4.78 is 27.7. The number of nitrogens with zero attached hydrogens (tertiary/aromatic N) is 1.